The summed E-state index contributed by atoms with van der Waals surface area (Å²) in [6.45, 7) is 5.10. The second kappa shape index (κ2) is 5.66. The third kappa shape index (κ3) is 2.82. The highest BCUT2D eigenvalue weighted by Crippen LogP contribution is 2.37. The monoisotopic (exact) mass is 319 g/mol. The van der Waals surface area contributed by atoms with E-state index >= 15 is 0 Å². The van der Waals surface area contributed by atoms with Gasteiger partial charge in [-0.25, -0.2) is 0 Å². The van der Waals surface area contributed by atoms with Gasteiger partial charge in [-0.15, -0.1) is 11.8 Å². The Bertz CT molecular complexity index is 690. The number of thioether (sulfide) groups is 1. The topological polar surface area (TPSA) is 92.1 Å². The van der Waals surface area contributed by atoms with Gasteiger partial charge in [0.15, 0.2) is 5.78 Å². The number of esters is 1. The minimum Gasteiger partial charge on any atom is -0.459 e. The third-order valence-corrected chi connectivity index (χ3v) is 4.06. The van der Waals surface area contributed by atoms with E-state index in [1.807, 2.05) is 12.3 Å². The van der Waals surface area contributed by atoms with Gasteiger partial charge in [-0.2, -0.15) is 0 Å². The molecule has 0 bridgehead atoms. The number of hydrogen-bond donors (Lipinski definition) is 0. The molecule has 2 rings (SSSR count). The Labute approximate surface area is 132 Å². The van der Waals surface area contributed by atoms with Gasteiger partial charge in [-0.05, 0) is 50.3 Å². The van der Waals surface area contributed by atoms with Gasteiger partial charge in [0.2, 0.25) is 5.54 Å². The van der Waals surface area contributed by atoms with Crippen molar-refractivity contribution in [3.63, 3.8) is 0 Å². The molecule has 1 aromatic carbocycles. The Hall–Kier alpha value is -1.98. The SMILES string of the molecule is CSc1ccc2c(c1)C(=O)[C@@](N=[N+]=[N-])(C(=O)OC(C)(C)C)C2. The molecule has 0 saturated carbocycles. The van der Waals surface area contributed by atoms with Crippen LogP contribution in [0.15, 0.2) is 28.2 Å². The van der Waals surface area contributed by atoms with Crippen molar-refractivity contribution >= 4 is 23.5 Å². The second-order valence-electron chi connectivity index (χ2n) is 6.08. The molecule has 0 aromatic heterocycles. The highest BCUT2D eigenvalue weighted by Gasteiger charge is 2.53. The van der Waals surface area contributed by atoms with Crippen molar-refractivity contribution in [2.75, 3.05) is 6.26 Å². The van der Waals surface area contributed by atoms with Gasteiger partial charge in [-0.3, -0.25) is 9.59 Å². The highest BCUT2D eigenvalue weighted by molar-refractivity contribution is 7.98. The standard InChI is InChI=1S/C15H17N3O3S/c1-14(2,3)21-13(20)15(17-18-16)8-9-5-6-10(22-4)7-11(9)12(15)19/h5-7H,8H2,1-4H3/t15-/m1/s1. The van der Waals surface area contributed by atoms with Crippen LogP contribution in [-0.2, 0) is 16.0 Å². The molecule has 6 nitrogen and oxygen atoms in total. The van der Waals surface area contributed by atoms with E-state index < -0.39 is 22.9 Å². The first-order valence-corrected chi connectivity index (χ1v) is 7.97. The van der Waals surface area contributed by atoms with Crippen molar-refractivity contribution in [1.82, 2.24) is 0 Å². The predicted molar refractivity (Wildman–Crippen MR) is 84.0 cm³/mol. The Morgan fingerprint density at radius 3 is 2.68 bits per heavy atom. The fraction of sp³-hybridized carbons (Fsp3) is 0.467. The van der Waals surface area contributed by atoms with Crippen LogP contribution in [0.25, 0.3) is 10.4 Å². The van der Waals surface area contributed by atoms with E-state index in [0.717, 1.165) is 4.90 Å². The maximum atomic E-state index is 12.7. The lowest BCUT2D eigenvalue weighted by Gasteiger charge is -2.26. The van der Waals surface area contributed by atoms with Gasteiger partial charge in [0.25, 0.3) is 0 Å². The third-order valence-electron chi connectivity index (χ3n) is 3.34. The molecule has 116 valence electrons. The van der Waals surface area contributed by atoms with Crippen LogP contribution in [0.5, 0.6) is 0 Å². The van der Waals surface area contributed by atoms with E-state index in [1.54, 1.807) is 32.9 Å². The smallest absolute Gasteiger partial charge is 0.326 e. The molecule has 0 saturated heterocycles. The molecule has 0 unspecified atom stereocenters. The van der Waals surface area contributed by atoms with Gasteiger partial charge in [0, 0.05) is 21.8 Å². The lowest BCUT2D eigenvalue weighted by molar-refractivity contribution is -0.159. The largest absolute Gasteiger partial charge is 0.459 e. The van der Waals surface area contributed by atoms with Crippen molar-refractivity contribution in [2.24, 2.45) is 5.11 Å². The zero-order chi connectivity index (χ0) is 16.5. The number of nitrogens with zero attached hydrogens (tertiary/aromatic N) is 3. The van der Waals surface area contributed by atoms with Crippen LogP contribution in [0.2, 0.25) is 0 Å². The van der Waals surface area contributed by atoms with E-state index in [9.17, 15) is 9.59 Å². The summed E-state index contributed by atoms with van der Waals surface area (Å²) in [6.07, 6.45) is 1.94. The van der Waals surface area contributed by atoms with Crippen molar-refractivity contribution in [2.45, 2.75) is 43.2 Å². The van der Waals surface area contributed by atoms with E-state index in [0.29, 0.717) is 11.1 Å². The van der Waals surface area contributed by atoms with Crippen LogP contribution < -0.4 is 0 Å². The average Bonchev–Trinajstić information content (AvgIpc) is 2.71. The molecule has 1 aliphatic carbocycles. The number of carbonyl (C=O) groups excluding carboxylic acids is 2. The molecule has 0 heterocycles. The molecule has 1 aromatic rings. The zero-order valence-corrected chi connectivity index (χ0v) is 13.7. The van der Waals surface area contributed by atoms with E-state index in [1.165, 1.54) is 11.8 Å². The number of carbonyl (C=O) groups is 2. The highest BCUT2D eigenvalue weighted by atomic mass is 32.2. The number of rotatable bonds is 3. The molecular formula is C15H17N3O3S. The average molecular weight is 319 g/mol. The summed E-state index contributed by atoms with van der Waals surface area (Å²) in [5.74, 6) is -1.30. The summed E-state index contributed by atoms with van der Waals surface area (Å²) in [5.41, 5.74) is 7.35. The molecule has 0 N–H and O–H groups in total. The summed E-state index contributed by atoms with van der Waals surface area (Å²) in [5, 5.41) is 3.54. The Balaban J connectivity index is 2.49. The summed E-state index contributed by atoms with van der Waals surface area (Å²) in [7, 11) is 0. The first-order chi connectivity index (χ1) is 10.2. The normalized spacial score (nSPS) is 20.3. The first-order valence-electron chi connectivity index (χ1n) is 6.75. The fourth-order valence-electron chi connectivity index (χ4n) is 2.35. The van der Waals surface area contributed by atoms with Crippen molar-refractivity contribution in [3.05, 3.63) is 39.8 Å². The lowest BCUT2D eigenvalue weighted by atomic mass is 9.95. The summed E-state index contributed by atoms with van der Waals surface area (Å²) in [6, 6.07) is 5.39. The van der Waals surface area contributed by atoms with Crippen molar-refractivity contribution in [3.8, 4) is 0 Å². The number of Topliss-reactive ketones (excluding diaryl/α,β-unsaturated/α-hetero) is 1. The first kappa shape index (κ1) is 16.4. The van der Waals surface area contributed by atoms with Gasteiger partial charge in [0.1, 0.15) is 5.60 Å². The Morgan fingerprint density at radius 2 is 2.14 bits per heavy atom. The van der Waals surface area contributed by atoms with Crippen LogP contribution >= 0.6 is 11.8 Å². The summed E-state index contributed by atoms with van der Waals surface area (Å²) in [4.78, 5) is 28.8. The lowest BCUT2D eigenvalue weighted by Crippen LogP contribution is -2.46. The minimum absolute atomic E-state index is 0.0365. The molecule has 7 heteroatoms. The Kier molecular flexibility index (Phi) is 4.22. The van der Waals surface area contributed by atoms with Crippen LogP contribution in [0.3, 0.4) is 0 Å². The van der Waals surface area contributed by atoms with E-state index in [2.05, 4.69) is 10.0 Å². The number of azide groups is 1. The molecule has 0 radical (unpaired) electrons. The molecule has 1 aliphatic rings. The maximum Gasteiger partial charge on any atom is 0.326 e. The van der Waals surface area contributed by atoms with Gasteiger partial charge in [-0.1, -0.05) is 11.2 Å². The van der Waals surface area contributed by atoms with Gasteiger partial charge in [0.05, 0.1) is 0 Å². The van der Waals surface area contributed by atoms with Crippen LogP contribution in [0, 0.1) is 0 Å². The Morgan fingerprint density at radius 1 is 1.45 bits per heavy atom. The molecule has 0 spiro atoms. The number of ether oxygens (including phenoxy) is 1. The molecule has 1 atom stereocenters. The van der Waals surface area contributed by atoms with E-state index in [4.69, 9.17) is 10.3 Å². The molecule has 0 amide bonds. The number of hydrogen-bond acceptors (Lipinski definition) is 5. The summed E-state index contributed by atoms with van der Waals surface area (Å²) >= 11 is 1.50. The minimum atomic E-state index is -1.83. The second-order valence-corrected chi connectivity index (χ2v) is 6.96. The van der Waals surface area contributed by atoms with E-state index in [-0.39, 0.29) is 6.42 Å². The molecule has 0 fully saturated rings. The quantitative estimate of drug-likeness (QED) is 0.213. The predicted octanol–water partition coefficient (Wildman–Crippen LogP) is 3.54. The molecular weight excluding hydrogens is 302 g/mol. The van der Waals surface area contributed by atoms with Crippen LogP contribution in [0.1, 0.15) is 36.7 Å². The van der Waals surface area contributed by atoms with Gasteiger partial charge < -0.3 is 4.74 Å². The molecule has 22 heavy (non-hydrogen) atoms. The summed E-state index contributed by atoms with van der Waals surface area (Å²) < 4.78 is 5.31. The molecule has 0 aliphatic heterocycles. The zero-order valence-electron chi connectivity index (χ0n) is 12.9. The number of fused-ring (bicyclic) bond motifs is 1. The van der Waals surface area contributed by atoms with Crippen LogP contribution in [-0.4, -0.2) is 29.1 Å². The van der Waals surface area contributed by atoms with Crippen molar-refractivity contribution in [1.29, 1.82) is 0 Å². The van der Waals surface area contributed by atoms with Crippen LogP contribution in [0.4, 0.5) is 0 Å². The van der Waals surface area contributed by atoms with Crippen molar-refractivity contribution < 1.29 is 14.3 Å². The van der Waals surface area contributed by atoms with Gasteiger partial charge >= 0.3 is 5.97 Å². The number of benzene rings is 1. The number of ketones is 1. The maximum absolute atomic E-state index is 12.7. The fourth-order valence-corrected chi connectivity index (χ4v) is 2.79.